The van der Waals surface area contributed by atoms with Crippen molar-refractivity contribution in [2.45, 2.75) is 13.8 Å². The molecule has 2 rings (SSSR count). The number of halogens is 1. The maximum atomic E-state index is 4.47. The van der Waals surface area contributed by atoms with Crippen LogP contribution in [0, 0.1) is 17.4 Å². The summed E-state index contributed by atoms with van der Waals surface area (Å²) in [5.41, 5.74) is 3.47. The lowest BCUT2D eigenvalue weighted by Gasteiger charge is -2.02. The molecule has 0 atom stereocenters. The van der Waals surface area contributed by atoms with Crippen LogP contribution in [-0.2, 0) is 0 Å². The molecule has 1 heterocycles. The predicted octanol–water partition coefficient (Wildman–Crippen LogP) is 3.46. The molecule has 1 aromatic heterocycles. The smallest absolute Gasteiger partial charge is 0.0708 e. The van der Waals surface area contributed by atoms with E-state index in [4.69, 9.17) is 0 Å². The standard InChI is InChI=1S/C11H10IN/c1-7-5-11-9(6-10(7)12)4-3-8(2)13-11/h3-6H,1-2H3. The molecule has 2 heteroatoms. The number of aryl methyl sites for hydroxylation is 2. The van der Waals surface area contributed by atoms with Gasteiger partial charge in [-0.15, -0.1) is 0 Å². The van der Waals surface area contributed by atoms with E-state index in [1.165, 1.54) is 14.5 Å². The molecule has 0 spiro atoms. The first kappa shape index (κ1) is 8.94. The second kappa shape index (κ2) is 3.25. The van der Waals surface area contributed by atoms with Crippen molar-refractivity contribution in [3.05, 3.63) is 39.1 Å². The van der Waals surface area contributed by atoms with Crippen molar-refractivity contribution in [1.82, 2.24) is 4.98 Å². The summed E-state index contributed by atoms with van der Waals surface area (Å²) < 4.78 is 1.30. The van der Waals surface area contributed by atoms with Gasteiger partial charge in [-0.05, 0) is 60.2 Å². The monoisotopic (exact) mass is 283 g/mol. The van der Waals surface area contributed by atoms with Gasteiger partial charge in [-0.25, -0.2) is 0 Å². The number of hydrogen-bond donors (Lipinski definition) is 0. The number of aromatic nitrogens is 1. The van der Waals surface area contributed by atoms with Crippen LogP contribution in [0.5, 0.6) is 0 Å². The van der Waals surface area contributed by atoms with Crippen molar-refractivity contribution in [2.75, 3.05) is 0 Å². The molecule has 1 aromatic carbocycles. The van der Waals surface area contributed by atoms with Crippen molar-refractivity contribution >= 4 is 33.5 Å². The Balaban J connectivity index is 2.81. The number of rotatable bonds is 0. The molecule has 0 saturated heterocycles. The molecule has 0 N–H and O–H groups in total. The molecule has 0 saturated carbocycles. The Morgan fingerprint density at radius 2 is 1.92 bits per heavy atom. The molecule has 0 aliphatic carbocycles. The first-order chi connectivity index (χ1) is 6.16. The minimum absolute atomic E-state index is 1.08. The van der Waals surface area contributed by atoms with Gasteiger partial charge in [-0.2, -0.15) is 0 Å². The normalized spacial score (nSPS) is 10.7. The van der Waals surface area contributed by atoms with Crippen LogP contribution >= 0.6 is 22.6 Å². The van der Waals surface area contributed by atoms with E-state index in [1.54, 1.807) is 0 Å². The summed E-state index contributed by atoms with van der Waals surface area (Å²) in [5.74, 6) is 0. The van der Waals surface area contributed by atoms with E-state index in [0.717, 1.165) is 11.2 Å². The summed E-state index contributed by atoms with van der Waals surface area (Å²) in [6.07, 6.45) is 0. The number of hydrogen-bond acceptors (Lipinski definition) is 1. The largest absolute Gasteiger partial charge is 0.253 e. The minimum atomic E-state index is 1.08. The van der Waals surface area contributed by atoms with Gasteiger partial charge in [0.25, 0.3) is 0 Å². The lowest BCUT2D eigenvalue weighted by atomic mass is 10.1. The molecular weight excluding hydrogens is 273 g/mol. The first-order valence-corrected chi connectivity index (χ1v) is 5.28. The number of fused-ring (bicyclic) bond motifs is 1. The zero-order valence-electron chi connectivity index (χ0n) is 7.63. The lowest BCUT2D eigenvalue weighted by Crippen LogP contribution is -1.86. The Labute approximate surface area is 91.3 Å². The van der Waals surface area contributed by atoms with Gasteiger partial charge in [-0.3, -0.25) is 4.98 Å². The highest BCUT2D eigenvalue weighted by molar-refractivity contribution is 14.1. The van der Waals surface area contributed by atoms with E-state index in [1.807, 2.05) is 13.0 Å². The van der Waals surface area contributed by atoms with Crippen LogP contribution in [0.1, 0.15) is 11.3 Å². The van der Waals surface area contributed by atoms with Crippen molar-refractivity contribution in [3.63, 3.8) is 0 Å². The Hall–Kier alpha value is -0.640. The van der Waals surface area contributed by atoms with Gasteiger partial charge in [0.05, 0.1) is 5.52 Å². The highest BCUT2D eigenvalue weighted by atomic mass is 127. The average molecular weight is 283 g/mol. The number of nitrogens with zero attached hydrogens (tertiary/aromatic N) is 1. The van der Waals surface area contributed by atoms with E-state index >= 15 is 0 Å². The van der Waals surface area contributed by atoms with Crippen LogP contribution < -0.4 is 0 Å². The first-order valence-electron chi connectivity index (χ1n) is 4.20. The Morgan fingerprint density at radius 1 is 1.15 bits per heavy atom. The van der Waals surface area contributed by atoms with Crippen molar-refractivity contribution in [2.24, 2.45) is 0 Å². The fourth-order valence-corrected chi connectivity index (χ4v) is 1.84. The van der Waals surface area contributed by atoms with Gasteiger partial charge in [-0.1, -0.05) is 6.07 Å². The average Bonchev–Trinajstić information content (AvgIpc) is 2.08. The van der Waals surface area contributed by atoms with Crippen LogP contribution in [-0.4, -0.2) is 4.98 Å². The summed E-state index contributed by atoms with van der Waals surface area (Å²) in [6, 6.07) is 8.49. The van der Waals surface area contributed by atoms with Gasteiger partial charge in [0.2, 0.25) is 0 Å². The van der Waals surface area contributed by atoms with Gasteiger partial charge in [0.15, 0.2) is 0 Å². The number of pyridine rings is 1. The topological polar surface area (TPSA) is 12.9 Å². The van der Waals surface area contributed by atoms with Gasteiger partial charge in [0, 0.05) is 14.7 Å². The van der Waals surface area contributed by atoms with Crippen molar-refractivity contribution in [3.8, 4) is 0 Å². The van der Waals surface area contributed by atoms with Crippen LogP contribution in [0.15, 0.2) is 24.3 Å². The SMILES string of the molecule is Cc1ccc2cc(I)c(C)cc2n1. The maximum absolute atomic E-state index is 4.47. The molecule has 1 nitrogen and oxygen atoms in total. The molecule has 0 radical (unpaired) electrons. The van der Waals surface area contributed by atoms with Crippen LogP contribution in [0.25, 0.3) is 10.9 Å². The fourth-order valence-electron chi connectivity index (χ4n) is 1.35. The Morgan fingerprint density at radius 3 is 2.69 bits per heavy atom. The molecule has 66 valence electrons. The second-order valence-electron chi connectivity index (χ2n) is 3.25. The highest BCUT2D eigenvalue weighted by Gasteiger charge is 1.99. The highest BCUT2D eigenvalue weighted by Crippen LogP contribution is 2.19. The summed E-state index contributed by atoms with van der Waals surface area (Å²) in [6.45, 7) is 4.14. The van der Waals surface area contributed by atoms with E-state index in [0.29, 0.717) is 0 Å². The number of benzene rings is 1. The third kappa shape index (κ3) is 1.68. The van der Waals surface area contributed by atoms with Gasteiger partial charge in [0.1, 0.15) is 0 Å². The zero-order valence-corrected chi connectivity index (χ0v) is 9.79. The molecule has 0 unspecified atom stereocenters. The molecule has 13 heavy (non-hydrogen) atoms. The quantitative estimate of drug-likeness (QED) is 0.675. The molecule has 0 bridgehead atoms. The molecule has 0 aliphatic heterocycles. The fraction of sp³-hybridized carbons (Fsp3) is 0.182. The second-order valence-corrected chi connectivity index (χ2v) is 4.41. The molecule has 0 fully saturated rings. The summed E-state index contributed by atoms with van der Waals surface area (Å²) in [4.78, 5) is 4.47. The zero-order chi connectivity index (χ0) is 9.42. The summed E-state index contributed by atoms with van der Waals surface area (Å²) in [7, 11) is 0. The molecule has 0 aliphatic rings. The molecular formula is C11H10IN. The maximum Gasteiger partial charge on any atom is 0.0708 e. The summed E-state index contributed by atoms with van der Waals surface area (Å²) in [5, 5.41) is 1.22. The predicted molar refractivity (Wildman–Crippen MR) is 63.9 cm³/mol. The van der Waals surface area contributed by atoms with Crippen molar-refractivity contribution in [1.29, 1.82) is 0 Å². The van der Waals surface area contributed by atoms with E-state index in [2.05, 4.69) is 52.7 Å². The van der Waals surface area contributed by atoms with Crippen LogP contribution in [0.2, 0.25) is 0 Å². The van der Waals surface area contributed by atoms with Gasteiger partial charge >= 0.3 is 0 Å². The lowest BCUT2D eigenvalue weighted by molar-refractivity contribution is 1.25. The Kier molecular flexibility index (Phi) is 2.24. The molecule has 0 amide bonds. The van der Waals surface area contributed by atoms with Gasteiger partial charge < -0.3 is 0 Å². The molecule has 2 aromatic rings. The Bertz CT molecular complexity index is 463. The van der Waals surface area contributed by atoms with E-state index in [-0.39, 0.29) is 0 Å². The van der Waals surface area contributed by atoms with Crippen LogP contribution in [0.4, 0.5) is 0 Å². The summed E-state index contributed by atoms with van der Waals surface area (Å²) >= 11 is 2.35. The third-order valence-corrected chi connectivity index (χ3v) is 3.27. The third-order valence-electron chi connectivity index (χ3n) is 2.11. The van der Waals surface area contributed by atoms with Crippen molar-refractivity contribution < 1.29 is 0 Å². The van der Waals surface area contributed by atoms with Crippen LogP contribution in [0.3, 0.4) is 0 Å². The minimum Gasteiger partial charge on any atom is -0.253 e. The van der Waals surface area contributed by atoms with E-state index in [9.17, 15) is 0 Å². The van der Waals surface area contributed by atoms with E-state index < -0.39 is 0 Å².